The number of rotatable bonds is 2. The van der Waals surface area contributed by atoms with Crippen molar-refractivity contribution in [2.45, 2.75) is 51.2 Å². The molecule has 2 rings (SSSR count). The van der Waals surface area contributed by atoms with Crippen LogP contribution in [0.25, 0.3) is 0 Å². The predicted molar refractivity (Wildman–Crippen MR) is 82.7 cm³/mol. The first-order valence-electron chi connectivity index (χ1n) is 7.35. The van der Waals surface area contributed by atoms with Crippen molar-refractivity contribution in [2.75, 3.05) is 13.1 Å². The molecule has 6 nitrogen and oxygen atoms in total. The molecular weight excluding hydrogens is 306 g/mol. The van der Waals surface area contributed by atoms with Gasteiger partial charge in [-0.2, -0.15) is 5.10 Å². The molecule has 1 aromatic heterocycles. The third-order valence-corrected chi connectivity index (χ3v) is 3.74. The zero-order chi connectivity index (χ0) is 16.4. The molecule has 2 heterocycles. The molecule has 1 aliphatic rings. The van der Waals surface area contributed by atoms with Crippen LogP contribution in [0, 0.1) is 0 Å². The lowest BCUT2D eigenvalue weighted by Crippen LogP contribution is -2.49. The average molecular weight is 328 g/mol. The quantitative estimate of drug-likeness (QED) is 0.903. The Kier molecular flexibility index (Phi) is 4.92. The third-order valence-electron chi connectivity index (χ3n) is 3.54. The number of piperidine rings is 1. The summed E-state index contributed by atoms with van der Waals surface area (Å²) in [6.07, 6.45) is 1.03. The van der Waals surface area contributed by atoms with Crippen LogP contribution in [0.5, 0.6) is 0 Å². The van der Waals surface area contributed by atoms with Crippen molar-refractivity contribution in [3.63, 3.8) is 0 Å². The highest BCUT2D eigenvalue weighted by Gasteiger charge is 2.35. The Labute approximate surface area is 135 Å². The lowest BCUT2D eigenvalue weighted by molar-refractivity contribution is -0.0320. The van der Waals surface area contributed by atoms with Gasteiger partial charge in [-0.3, -0.25) is 0 Å². The number of aromatic nitrogens is 2. The average Bonchev–Trinajstić information content (AvgIpc) is 2.40. The van der Waals surface area contributed by atoms with Crippen molar-refractivity contribution < 1.29 is 14.6 Å². The van der Waals surface area contributed by atoms with Gasteiger partial charge in [0, 0.05) is 19.5 Å². The maximum atomic E-state index is 12.0. The van der Waals surface area contributed by atoms with E-state index in [0.717, 1.165) is 0 Å². The molecule has 1 aromatic rings. The van der Waals surface area contributed by atoms with Crippen molar-refractivity contribution in [1.82, 2.24) is 15.1 Å². The Bertz CT molecular complexity index is 520. The number of ether oxygens (including phenoxy) is 1. The van der Waals surface area contributed by atoms with E-state index < -0.39 is 11.2 Å². The zero-order valence-electron chi connectivity index (χ0n) is 13.2. The van der Waals surface area contributed by atoms with Gasteiger partial charge in [0.1, 0.15) is 5.60 Å². The minimum Gasteiger partial charge on any atom is -0.444 e. The summed E-state index contributed by atoms with van der Waals surface area (Å²) in [6, 6.07) is 3.41. The summed E-state index contributed by atoms with van der Waals surface area (Å²) in [7, 11) is 0. The van der Waals surface area contributed by atoms with E-state index in [1.54, 1.807) is 17.0 Å². The standard InChI is InChI=1S/C15H22ClN3O3/c1-14(2,3)22-13(20)19-8-6-15(21,7-9-19)10-11-4-5-12(16)18-17-11/h4-5,21H,6-10H2,1-3H3. The predicted octanol–water partition coefficient (Wildman–Crippen LogP) is 2.43. The minimum atomic E-state index is -0.874. The Balaban J connectivity index is 1.90. The molecule has 22 heavy (non-hydrogen) atoms. The highest BCUT2D eigenvalue weighted by molar-refractivity contribution is 6.29. The van der Waals surface area contributed by atoms with Crippen molar-refractivity contribution in [3.8, 4) is 0 Å². The molecule has 122 valence electrons. The topological polar surface area (TPSA) is 75.5 Å². The van der Waals surface area contributed by atoms with Crippen LogP contribution in [0.2, 0.25) is 5.15 Å². The summed E-state index contributed by atoms with van der Waals surface area (Å²) >= 11 is 5.70. The maximum Gasteiger partial charge on any atom is 0.410 e. The second-order valence-electron chi connectivity index (χ2n) is 6.72. The molecule has 7 heteroatoms. The van der Waals surface area contributed by atoms with Crippen LogP contribution in [0.3, 0.4) is 0 Å². The van der Waals surface area contributed by atoms with Gasteiger partial charge in [0.25, 0.3) is 0 Å². The third kappa shape index (κ3) is 4.81. The van der Waals surface area contributed by atoms with E-state index in [-0.39, 0.29) is 6.09 Å². The van der Waals surface area contributed by atoms with E-state index in [1.807, 2.05) is 20.8 Å². The van der Waals surface area contributed by atoms with Gasteiger partial charge in [-0.15, -0.1) is 5.10 Å². The molecule has 1 N–H and O–H groups in total. The van der Waals surface area contributed by atoms with Crippen LogP contribution in [0.15, 0.2) is 12.1 Å². The highest BCUT2D eigenvalue weighted by Crippen LogP contribution is 2.26. The number of nitrogens with zero attached hydrogens (tertiary/aromatic N) is 3. The molecule has 0 aromatic carbocycles. The fourth-order valence-electron chi connectivity index (χ4n) is 2.38. The summed E-state index contributed by atoms with van der Waals surface area (Å²) < 4.78 is 5.35. The lowest BCUT2D eigenvalue weighted by Gasteiger charge is -2.38. The maximum absolute atomic E-state index is 12.0. The summed E-state index contributed by atoms with van der Waals surface area (Å²) in [4.78, 5) is 13.6. The molecule has 0 unspecified atom stereocenters. The number of aliphatic hydroxyl groups is 1. The monoisotopic (exact) mass is 327 g/mol. The van der Waals surface area contributed by atoms with Crippen LogP contribution < -0.4 is 0 Å². The Morgan fingerprint density at radius 1 is 1.36 bits per heavy atom. The normalized spacial score (nSPS) is 18.1. The summed E-state index contributed by atoms with van der Waals surface area (Å²) in [5.41, 5.74) is -0.692. The van der Waals surface area contributed by atoms with Gasteiger partial charge in [0.2, 0.25) is 0 Å². The second-order valence-corrected chi connectivity index (χ2v) is 7.10. The first-order valence-corrected chi connectivity index (χ1v) is 7.73. The molecule has 1 saturated heterocycles. The lowest BCUT2D eigenvalue weighted by atomic mass is 9.87. The molecular formula is C15H22ClN3O3. The van der Waals surface area contributed by atoms with Gasteiger partial charge in [-0.05, 0) is 45.7 Å². The number of amides is 1. The van der Waals surface area contributed by atoms with Crippen LogP contribution >= 0.6 is 11.6 Å². The second kappa shape index (κ2) is 6.38. The highest BCUT2D eigenvalue weighted by atomic mass is 35.5. The number of carbonyl (C=O) groups excluding carboxylic acids is 1. The van der Waals surface area contributed by atoms with Crippen molar-refractivity contribution in [3.05, 3.63) is 23.0 Å². The van der Waals surface area contributed by atoms with Crippen molar-refractivity contribution in [2.24, 2.45) is 0 Å². The van der Waals surface area contributed by atoms with Crippen LogP contribution in [-0.4, -0.2) is 50.6 Å². The van der Waals surface area contributed by atoms with Crippen LogP contribution in [0.4, 0.5) is 4.79 Å². The molecule has 0 atom stereocenters. The number of halogens is 1. The first-order chi connectivity index (χ1) is 10.2. The molecule has 0 saturated carbocycles. The van der Waals surface area contributed by atoms with E-state index in [0.29, 0.717) is 43.2 Å². The van der Waals surface area contributed by atoms with E-state index in [9.17, 15) is 9.90 Å². The molecule has 0 spiro atoms. The molecule has 1 aliphatic heterocycles. The van der Waals surface area contributed by atoms with E-state index in [1.165, 1.54) is 0 Å². The Hall–Kier alpha value is -1.40. The number of hydrogen-bond donors (Lipinski definition) is 1. The number of likely N-dealkylation sites (tertiary alicyclic amines) is 1. The van der Waals surface area contributed by atoms with Gasteiger partial charge < -0.3 is 14.7 Å². The number of hydrogen-bond acceptors (Lipinski definition) is 5. The smallest absolute Gasteiger partial charge is 0.410 e. The fourth-order valence-corrected chi connectivity index (χ4v) is 2.48. The van der Waals surface area contributed by atoms with Gasteiger partial charge >= 0.3 is 6.09 Å². The summed E-state index contributed by atoms with van der Waals surface area (Å²) in [5, 5.41) is 18.7. The molecule has 0 bridgehead atoms. The summed E-state index contributed by atoms with van der Waals surface area (Å²) in [6.45, 7) is 6.44. The molecule has 0 aliphatic carbocycles. The van der Waals surface area contributed by atoms with Gasteiger partial charge in [0.15, 0.2) is 5.15 Å². The minimum absolute atomic E-state index is 0.329. The van der Waals surface area contributed by atoms with Crippen LogP contribution in [0.1, 0.15) is 39.3 Å². The molecule has 1 fully saturated rings. The van der Waals surface area contributed by atoms with Gasteiger partial charge in [-0.25, -0.2) is 4.79 Å². The largest absolute Gasteiger partial charge is 0.444 e. The SMILES string of the molecule is CC(C)(C)OC(=O)N1CCC(O)(Cc2ccc(Cl)nn2)CC1. The number of carbonyl (C=O) groups is 1. The summed E-state index contributed by atoms with van der Waals surface area (Å²) in [5.74, 6) is 0. The van der Waals surface area contributed by atoms with Crippen LogP contribution in [-0.2, 0) is 11.2 Å². The fraction of sp³-hybridized carbons (Fsp3) is 0.667. The zero-order valence-corrected chi connectivity index (χ0v) is 13.9. The molecule has 1 amide bonds. The van der Waals surface area contributed by atoms with Gasteiger partial charge in [-0.1, -0.05) is 11.6 Å². The van der Waals surface area contributed by atoms with E-state index in [2.05, 4.69) is 10.2 Å². The molecule has 0 radical (unpaired) electrons. The van der Waals surface area contributed by atoms with E-state index >= 15 is 0 Å². The van der Waals surface area contributed by atoms with Gasteiger partial charge in [0.05, 0.1) is 11.3 Å². The Morgan fingerprint density at radius 3 is 2.50 bits per heavy atom. The van der Waals surface area contributed by atoms with E-state index in [4.69, 9.17) is 16.3 Å². The Morgan fingerprint density at radius 2 is 2.00 bits per heavy atom. The first kappa shape index (κ1) is 17.0. The van der Waals surface area contributed by atoms with Crippen molar-refractivity contribution >= 4 is 17.7 Å². The van der Waals surface area contributed by atoms with Crippen molar-refractivity contribution in [1.29, 1.82) is 0 Å².